The second kappa shape index (κ2) is 4.75. The van der Waals surface area contributed by atoms with Gasteiger partial charge in [-0.1, -0.05) is 0 Å². The summed E-state index contributed by atoms with van der Waals surface area (Å²) in [5.74, 6) is 0. The molecule has 0 spiro atoms. The van der Waals surface area contributed by atoms with Gasteiger partial charge in [0.05, 0.1) is 9.89 Å². The first kappa shape index (κ1) is 10.6. The van der Waals surface area contributed by atoms with Crippen molar-refractivity contribution in [2.75, 3.05) is 0 Å². The molecule has 1 aliphatic rings. The Balaban J connectivity index is 1.82. The fraction of sp³-hybridized carbons (Fsp3) is 0.600. The van der Waals surface area contributed by atoms with Gasteiger partial charge in [0.15, 0.2) is 0 Å². The van der Waals surface area contributed by atoms with Crippen LogP contribution in [0.25, 0.3) is 0 Å². The van der Waals surface area contributed by atoms with Gasteiger partial charge >= 0.3 is 0 Å². The second-order valence-electron chi connectivity index (χ2n) is 3.69. The Morgan fingerprint density at radius 1 is 1.50 bits per heavy atom. The molecule has 0 unspecified atom stereocenters. The average molecular weight is 276 g/mol. The number of aliphatic hydroxyl groups is 1. The van der Waals surface area contributed by atoms with Gasteiger partial charge in [0.1, 0.15) is 0 Å². The van der Waals surface area contributed by atoms with E-state index in [0.717, 1.165) is 25.8 Å². The van der Waals surface area contributed by atoms with Gasteiger partial charge in [-0.15, -0.1) is 11.3 Å². The van der Waals surface area contributed by atoms with E-state index in [4.69, 9.17) is 0 Å². The zero-order chi connectivity index (χ0) is 9.97. The first-order valence-corrected chi connectivity index (χ1v) is 6.52. The predicted octanol–water partition coefficient (Wildman–Crippen LogP) is 2.51. The number of rotatable bonds is 3. The van der Waals surface area contributed by atoms with E-state index in [-0.39, 0.29) is 6.10 Å². The summed E-state index contributed by atoms with van der Waals surface area (Å²) in [6.07, 6.45) is 3.06. The van der Waals surface area contributed by atoms with Crippen LogP contribution >= 0.6 is 27.3 Å². The molecule has 14 heavy (non-hydrogen) atoms. The molecule has 2 nitrogen and oxygen atoms in total. The van der Waals surface area contributed by atoms with E-state index in [2.05, 4.69) is 33.4 Å². The molecule has 1 aromatic rings. The second-order valence-corrected chi connectivity index (χ2v) is 6.24. The van der Waals surface area contributed by atoms with Crippen molar-refractivity contribution in [1.82, 2.24) is 5.32 Å². The maximum atomic E-state index is 9.60. The lowest BCUT2D eigenvalue weighted by Crippen LogP contribution is -2.34. The molecule has 0 bridgehead atoms. The third kappa shape index (κ3) is 2.57. The summed E-state index contributed by atoms with van der Waals surface area (Å²) < 4.78 is 1.17. The quantitative estimate of drug-likeness (QED) is 0.889. The highest BCUT2D eigenvalue weighted by Crippen LogP contribution is 2.23. The lowest BCUT2D eigenvalue weighted by Gasteiger charge is -2.15. The van der Waals surface area contributed by atoms with E-state index < -0.39 is 0 Å². The van der Waals surface area contributed by atoms with Gasteiger partial charge in [-0.25, -0.2) is 0 Å². The molecule has 2 N–H and O–H groups in total. The van der Waals surface area contributed by atoms with E-state index in [1.807, 2.05) is 0 Å². The molecule has 1 heterocycles. The lowest BCUT2D eigenvalue weighted by atomic mass is 10.2. The highest BCUT2D eigenvalue weighted by Gasteiger charge is 2.24. The van der Waals surface area contributed by atoms with Crippen LogP contribution in [0.15, 0.2) is 15.9 Å². The van der Waals surface area contributed by atoms with Crippen molar-refractivity contribution in [2.45, 2.75) is 38.0 Å². The topological polar surface area (TPSA) is 32.3 Å². The molecule has 0 saturated heterocycles. The minimum atomic E-state index is -0.140. The Bertz CT molecular complexity index is 302. The molecule has 0 radical (unpaired) electrons. The first-order chi connectivity index (χ1) is 6.75. The fourth-order valence-corrected chi connectivity index (χ4v) is 3.29. The summed E-state index contributed by atoms with van der Waals surface area (Å²) >= 11 is 5.18. The van der Waals surface area contributed by atoms with Crippen molar-refractivity contribution in [1.29, 1.82) is 0 Å². The van der Waals surface area contributed by atoms with Gasteiger partial charge in [0.2, 0.25) is 0 Å². The van der Waals surface area contributed by atoms with Gasteiger partial charge < -0.3 is 10.4 Å². The summed E-state index contributed by atoms with van der Waals surface area (Å²) in [7, 11) is 0. The molecule has 0 amide bonds. The summed E-state index contributed by atoms with van der Waals surface area (Å²) in [5.41, 5.74) is 0. The minimum absolute atomic E-state index is 0.140. The predicted molar refractivity (Wildman–Crippen MR) is 62.5 cm³/mol. The number of hydrogen-bond donors (Lipinski definition) is 2. The number of nitrogens with one attached hydrogen (secondary N) is 1. The molecule has 1 saturated carbocycles. The standard InChI is InChI=1S/C10H14BrNOS/c11-10-5-4-7(14-10)6-12-8-2-1-3-9(8)13/h4-5,8-9,12-13H,1-3,6H2/t8-,9-/m0/s1. The van der Waals surface area contributed by atoms with Crippen LogP contribution in [0, 0.1) is 0 Å². The van der Waals surface area contributed by atoms with Gasteiger partial charge in [0.25, 0.3) is 0 Å². The van der Waals surface area contributed by atoms with Gasteiger partial charge in [-0.05, 0) is 47.3 Å². The van der Waals surface area contributed by atoms with Gasteiger partial charge in [-0.2, -0.15) is 0 Å². The molecular weight excluding hydrogens is 262 g/mol. The normalized spacial score (nSPS) is 27.0. The maximum absolute atomic E-state index is 9.60. The van der Waals surface area contributed by atoms with E-state index in [1.165, 1.54) is 8.66 Å². The van der Waals surface area contributed by atoms with Crippen molar-refractivity contribution in [3.05, 3.63) is 20.8 Å². The van der Waals surface area contributed by atoms with Crippen molar-refractivity contribution >= 4 is 27.3 Å². The lowest BCUT2D eigenvalue weighted by molar-refractivity contribution is 0.149. The zero-order valence-electron chi connectivity index (χ0n) is 7.87. The van der Waals surface area contributed by atoms with Crippen molar-refractivity contribution in [2.24, 2.45) is 0 Å². The summed E-state index contributed by atoms with van der Waals surface area (Å²) in [5, 5.41) is 13.0. The minimum Gasteiger partial charge on any atom is -0.392 e. The van der Waals surface area contributed by atoms with Crippen LogP contribution in [-0.4, -0.2) is 17.3 Å². The smallest absolute Gasteiger partial charge is 0.0701 e. The van der Waals surface area contributed by atoms with E-state index >= 15 is 0 Å². The first-order valence-electron chi connectivity index (χ1n) is 4.91. The third-order valence-corrected chi connectivity index (χ3v) is 4.27. The van der Waals surface area contributed by atoms with Gasteiger partial charge in [-0.3, -0.25) is 0 Å². The van der Waals surface area contributed by atoms with Crippen molar-refractivity contribution < 1.29 is 5.11 Å². The van der Waals surface area contributed by atoms with Crippen LogP contribution in [0.3, 0.4) is 0 Å². The third-order valence-electron chi connectivity index (χ3n) is 2.65. The van der Waals surface area contributed by atoms with Crippen LogP contribution in [0.1, 0.15) is 24.1 Å². The summed E-state index contributed by atoms with van der Waals surface area (Å²) in [6, 6.07) is 4.48. The van der Waals surface area contributed by atoms with Crippen LogP contribution in [-0.2, 0) is 6.54 Å². The van der Waals surface area contributed by atoms with E-state index in [0.29, 0.717) is 6.04 Å². The van der Waals surface area contributed by atoms with Gasteiger partial charge in [0, 0.05) is 17.5 Å². The number of halogens is 1. The molecule has 2 rings (SSSR count). The Morgan fingerprint density at radius 2 is 2.36 bits per heavy atom. The maximum Gasteiger partial charge on any atom is 0.0701 e. The van der Waals surface area contributed by atoms with E-state index in [1.54, 1.807) is 11.3 Å². The molecule has 1 fully saturated rings. The molecule has 78 valence electrons. The molecule has 0 aromatic carbocycles. The summed E-state index contributed by atoms with van der Waals surface area (Å²) in [6.45, 7) is 0.873. The zero-order valence-corrected chi connectivity index (χ0v) is 10.3. The van der Waals surface area contributed by atoms with Crippen molar-refractivity contribution in [3.8, 4) is 0 Å². The SMILES string of the molecule is O[C@H]1CCC[C@@H]1NCc1ccc(Br)s1. The number of aliphatic hydroxyl groups excluding tert-OH is 1. The molecule has 4 heteroatoms. The van der Waals surface area contributed by atoms with Crippen molar-refractivity contribution in [3.63, 3.8) is 0 Å². The molecule has 2 atom stereocenters. The van der Waals surface area contributed by atoms with Crippen LogP contribution in [0.2, 0.25) is 0 Å². The average Bonchev–Trinajstić information content (AvgIpc) is 2.72. The highest BCUT2D eigenvalue weighted by atomic mass is 79.9. The fourth-order valence-electron chi connectivity index (χ4n) is 1.86. The summed E-state index contributed by atoms with van der Waals surface area (Å²) in [4.78, 5) is 1.32. The Hall–Kier alpha value is 0.1000. The number of hydrogen-bond acceptors (Lipinski definition) is 3. The molecule has 0 aliphatic heterocycles. The Morgan fingerprint density at radius 3 is 2.93 bits per heavy atom. The highest BCUT2D eigenvalue weighted by molar-refractivity contribution is 9.11. The Labute approximate surface area is 96.5 Å². The monoisotopic (exact) mass is 275 g/mol. The largest absolute Gasteiger partial charge is 0.392 e. The van der Waals surface area contributed by atoms with Crippen LogP contribution in [0.5, 0.6) is 0 Å². The van der Waals surface area contributed by atoms with Crippen LogP contribution < -0.4 is 5.32 Å². The Kier molecular flexibility index (Phi) is 3.60. The number of thiophene rings is 1. The molecular formula is C10H14BrNOS. The molecule has 1 aromatic heterocycles. The van der Waals surface area contributed by atoms with Crippen LogP contribution in [0.4, 0.5) is 0 Å². The molecule has 1 aliphatic carbocycles. The van der Waals surface area contributed by atoms with E-state index in [9.17, 15) is 5.11 Å².